The first-order chi connectivity index (χ1) is 12.8. The third kappa shape index (κ3) is 6.44. The highest BCUT2D eigenvalue weighted by molar-refractivity contribution is 14.0. The van der Waals surface area contributed by atoms with E-state index in [0.29, 0.717) is 5.41 Å². The van der Waals surface area contributed by atoms with Crippen molar-refractivity contribution in [1.82, 2.24) is 10.2 Å². The van der Waals surface area contributed by atoms with E-state index in [4.69, 9.17) is 19.2 Å². The van der Waals surface area contributed by atoms with Crippen LogP contribution in [0.5, 0.6) is 0 Å². The minimum absolute atomic E-state index is 0. The van der Waals surface area contributed by atoms with Gasteiger partial charge in [-0.1, -0.05) is 12.8 Å². The fraction of sp³-hybridized carbons (Fsp3) is 0.950. The van der Waals surface area contributed by atoms with Crippen molar-refractivity contribution in [2.24, 2.45) is 10.4 Å². The van der Waals surface area contributed by atoms with Crippen LogP contribution in [0.25, 0.3) is 0 Å². The maximum Gasteiger partial charge on any atom is 0.194 e. The zero-order valence-corrected chi connectivity index (χ0v) is 19.4. The second kappa shape index (κ2) is 11.8. The standard InChI is InChI=1S/C20H37N3O3.HI/c1-3-21-19(22-16-20(10-13-24-2)8-4-5-9-20)23-11-14-26-18(15-23)17-7-6-12-25-17;/h17-18H,3-16H2,1-2H3,(H,21,22);1H. The van der Waals surface area contributed by atoms with Crippen molar-refractivity contribution in [1.29, 1.82) is 0 Å². The Morgan fingerprint density at radius 3 is 2.63 bits per heavy atom. The normalized spacial score (nSPS) is 28.2. The van der Waals surface area contributed by atoms with Crippen LogP contribution in [-0.4, -0.2) is 76.2 Å². The summed E-state index contributed by atoms with van der Waals surface area (Å²) in [7, 11) is 1.80. The lowest BCUT2D eigenvalue weighted by atomic mass is 9.83. The van der Waals surface area contributed by atoms with Crippen molar-refractivity contribution < 1.29 is 14.2 Å². The first-order valence-corrected chi connectivity index (χ1v) is 10.5. The van der Waals surface area contributed by atoms with Gasteiger partial charge in [0.1, 0.15) is 6.10 Å². The number of aliphatic imine (C=N–C) groups is 1. The predicted molar refractivity (Wildman–Crippen MR) is 119 cm³/mol. The molecular weight excluding hydrogens is 457 g/mol. The van der Waals surface area contributed by atoms with Gasteiger partial charge in [0.15, 0.2) is 5.96 Å². The molecule has 7 heteroatoms. The minimum Gasteiger partial charge on any atom is -0.385 e. The molecule has 2 unspecified atom stereocenters. The monoisotopic (exact) mass is 495 g/mol. The molecule has 3 aliphatic rings. The molecule has 0 aromatic heterocycles. The second-order valence-electron chi connectivity index (χ2n) is 8.03. The molecule has 0 spiro atoms. The van der Waals surface area contributed by atoms with Gasteiger partial charge in [-0.15, -0.1) is 24.0 Å². The van der Waals surface area contributed by atoms with Crippen molar-refractivity contribution in [3.63, 3.8) is 0 Å². The van der Waals surface area contributed by atoms with Crippen LogP contribution in [0.3, 0.4) is 0 Å². The average Bonchev–Trinajstić information content (AvgIpc) is 3.36. The molecule has 0 aromatic carbocycles. The van der Waals surface area contributed by atoms with Gasteiger partial charge in [-0.3, -0.25) is 4.99 Å². The molecule has 0 bridgehead atoms. The summed E-state index contributed by atoms with van der Waals surface area (Å²) in [5, 5.41) is 3.51. The van der Waals surface area contributed by atoms with Crippen molar-refractivity contribution >= 4 is 29.9 Å². The Bertz CT molecular complexity index is 452. The quantitative estimate of drug-likeness (QED) is 0.335. The molecule has 1 aliphatic carbocycles. The van der Waals surface area contributed by atoms with Gasteiger partial charge in [0.25, 0.3) is 0 Å². The summed E-state index contributed by atoms with van der Waals surface area (Å²) in [6.07, 6.45) is 9.03. The van der Waals surface area contributed by atoms with E-state index in [-0.39, 0.29) is 36.2 Å². The van der Waals surface area contributed by atoms with Gasteiger partial charge < -0.3 is 24.4 Å². The zero-order valence-electron chi connectivity index (χ0n) is 17.1. The first-order valence-electron chi connectivity index (χ1n) is 10.5. The highest BCUT2D eigenvalue weighted by Gasteiger charge is 2.35. The zero-order chi connectivity index (χ0) is 18.2. The van der Waals surface area contributed by atoms with Gasteiger partial charge in [-0.05, 0) is 44.4 Å². The van der Waals surface area contributed by atoms with Crippen LogP contribution in [-0.2, 0) is 14.2 Å². The molecule has 2 aliphatic heterocycles. The van der Waals surface area contributed by atoms with Crippen molar-refractivity contribution in [2.45, 2.75) is 64.1 Å². The molecule has 3 rings (SSSR count). The topological polar surface area (TPSA) is 55.3 Å². The molecule has 3 fully saturated rings. The van der Waals surface area contributed by atoms with Gasteiger partial charge >= 0.3 is 0 Å². The summed E-state index contributed by atoms with van der Waals surface area (Å²) in [6, 6.07) is 0. The number of morpholine rings is 1. The van der Waals surface area contributed by atoms with Crippen LogP contribution in [0.1, 0.15) is 51.9 Å². The smallest absolute Gasteiger partial charge is 0.194 e. The average molecular weight is 495 g/mol. The Labute approximate surface area is 181 Å². The van der Waals surface area contributed by atoms with E-state index in [9.17, 15) is 0 Å². The summed E-state index contributed by atoms with van der Waals surface area (Å²) in [5.41, 5.74) is 0.330. The van der Waals surface area contributed by atoms with Crippen molar-refractivity contribution in [3.8, 4) is 0 Å². The maximum absolute atomic E-state index is 6.01. The van der Waals surface area contributed by atoms with E-state index in [0.717, 1.165) is 71.2 Å². The van der Waals surface area contributed by atoms with E-state index in [1.807, 2.05) is 0 Å². The largest absolute Gasteiger partial charge is 0.385 e. The minimum atomic E-state index is 0. The van der Waals surface area contributed by atoms with Crippen LogP contribution >= 0.6 is 24.0 Å². The molecular formula is C20H38IN3O3. The number of nitrogens with zero attached hydrogens (tertiary/aromatic N) is 2. The van der Waals surface area contributed by atoms with Gasteiger partial charge in [-0.25, -0.2) is 0 Å². The highest BCUT2D eigenvalue weighted by Crippen LogP contribution is 2.41. The van der Waals surface area contributed by atoms with Gasteiger partial charge in [0.05, 0.1) is 12.7 Å². The molecule has 158 valence electrons. The molecule has 2 atom stereocenters. The SMILES string of the molecule is CCNC(=NCC1(CCOC)CCCC1)N1CCOC(C2CCCO2)C1.I. The number of nitrogens with one attached hydrogen (secondary N) is 1. The fourth-order valence-corrected chi connectivity index (χ4v) is 4.59. The summed E-state index contributed by atoms with van der Waals surface area (Å²) in [4.78, 5) is 7.46. The van der Waals surface area contributed by atoms with E-state index < -0.39 is 0 Å². The van der Waals surface area contributed by atoms with E-state index >= 15 is 0 Å². The first kappa shape index (κ1) is 23.2. The van der Waals surface area contributed by atoms with Crippen LogP contribution in [0.2, 0.25) is 0 Å². The van der Waals surface area contributed by atoms with Gasteiger partial charge in [0.2, 0.25) is 0 Å². The summed E-state index contributed by atoms with van der Waals surface area (Å²) >= 11 is 0. The summed E-state index contributed by atoms with van der Waals surface area (Å²) < 4.78 is 17.2. The maximum atomic E-state index is 6.01. The number of hydrogen-bond donors (Lipinski definition) is 1. The molecule has 0 aromatic rings. The predicted octanol–water partition coefficient (Wildman–Crippen LogP) is 3.05. The number of halogens is 1. The lowest BCUT2D eigenvalue weighted by Gasteiger charge is -2.37. The molecule has 6 nitrogen and oxygen atoms in total. The third-order valence-electron chi connectivity index (χ3n) is 6.17. The Kier molecular flexibility index (Phi) is 10.1. The number of hydrogen-bond acceptors (Lipinski definition) is 4. The van der Waals surface area contributed by atoms with Crippen molar-refractivity contribution in [3.05, 3.63) is 0 Å². The molecule has 2 heterocycles. The molecule has 2 saturated heterocycles. The fourth-order valence-electron chi connectivity index (χ4n) is 4.59. The van der Waals surface area contributed by atoms with Crippen LogP contribution < -0.4 is 5.32 Å². The molecule has 1 saturated carbocycles. The molecule has 27 heavy (non-hydrogen) atoms. The molecule has 0 amide bonds. The summed E-state index contributed by atoms with van der Waals surface area (Å²) in [6.45, 7) is 8.19. The van der Waals surface area contributed by atoms with E-state index in [1.54, 1.807) is 7.11 Å². The van der Waals surface area contributed by atoms with E-state index in [2.05, 4.69) is 17.1 Å². The number of guanidine groups is 1. The number of ether oxygens (including phenoxy) is 3. The Morgan fingerprint density at radius 2 is 1.96 bits per heavy atom. The molecule has 0 radical (unpaired) electrons. The lowest BCUT2D eigenvalue weighted by Crippen LogP contribution is -2.53. The van der Waals surface area contributed by atoms with Crippen molar-refractivity contribution in [2.75, 3.05) is 53.1 Å². The van der Waals surface area contributed by atoms with Crippen LogP contribution in [0.15, 0.2) is 4.99 Å². The van der Waals surface area contributed by atoms with Gasteiger partial charge in [-0.2, -0.15) is 0 Å². The second-order valence-corrected chi connectivity index (χ2v) is 8.03. The third-order valence-corrected chi connectivity index (χ3v) is 6.17. The number of methoxy groups -OCH3 is 1. The highest BCUT2D eigenvalue weighted by atomic mass is 127. The summed E-state index contributed by atoms with van der Waals surface area (Å²) in [5.74, 6) is 1.04. The Hall–Kier alpha value is -0.120. The van der Waals surface area contributed by atoms with Gasteiger partial charge in [0, 0.05) is 46.5 Å². The molecule has 1 N–H and O–H groups in total. The Morgan fingerprint density at radius 1 is 1.19 bits per heavy atom. The Balaban J connectivity index is 0.00000261. The van der Waals surface area contributed by atoms with E-state index in [1.165, 1.54) is 25.7 Å². The van der Waals surface area contributed by atoms with Crippen LogP contribution in [0.4, 0.5) is 0 Å². The lowest BCUT2D eigenvalue weighted by molar-refractivity contribution is -0.0817. The number of rotatable bonds is 7. The van der Waals surface area contributed by atoms with Crippen LogP contribution in [0, 0.1) is 5.41 Å².